The highest BCUT2D eigenvalue weighted by molar-refractivity contribution is 5.49. The smallest absolute Gasteiger partial charge is 0.0768 e. The summed E-state index contributed by atoms with van der Waals surface area (Å²) >= 11 is 0. The molecule has 19 heavy (non-hydrogen) atoms. The molecule has 0 fully saturated rings. The van der Waals surface area contributed by atoms with Gasteiger partial charge in [-0.25, -0.2) is 0 Å². The molecule has 108 valence electrons. The molecule has 0 saturated carbocycles. The lowest BCUT2D eigenvalue weighted by atomic mass is 9.90. The molecule has 1 nitrogen and oxygen atoms in total. The molecular weight excluding hydrogens is 232 g/mol. The van der Waals surface area contributed by atoms with Crippen LogP contribution in [0.1, 0.15) is 66.2 Å². The van der Waals surface area contributed by atoms with E-state index in [1.54, 1.807) is 0 Å². The van der Waals surface area contributed by atoms with Gasteiger partial charge in [-0.1, -0.05) is 39.3 Å². The van der Waals surface area contributed by atoms with E-state index in [2.05, 4.69) is 40.3 Å². The number of ether oxygens (including phenoxy) is 1. The number of hydrogen-bond donors (Lipinski definition) is 0. The number of unbranched alkanes of at least 4 members (excludes halogenated alkanes) is 2. The average molecular weight is 262 g/mol. The Bertz CT molecular complexity index is 360. The molecule has 0 aliphatic carbocycles. The molecule has 0 radical (unpaired) electrons. The first-order valence-corrected chi connectivity index (χ1v) is 7.83. The monoisotopic (exact) mass is 262 g/mol. The molecule has 1 aliphatic rings. The van der Waals surface area contributed by atoms with E-state index < -0.39 is 0 Å². The summed E-state index contributed by atoms with van der Waals surface area (Å²) in [4.78, 5) is 0. The van der Waals surface area contributed by atoms with Gasteiger partial charge in [0, 0.05) is 0 Å². The summed E-state index contributed by atoms with van der Waals surface area (Å²) in [5, 5.41) is 0. The first-order chi connectivity index (χ1) is 9.15. The normalized spacial score (nSPS) is 20.2. The minimum atomic E-state index is 0.280. The fourth-order valence-electron chi connectivity index (χ4n) is 2.68. The molecule has 1 atom stereocenters. The number of allylic oxidation sites excluding steroid dienone is 2. The molecule has 0 unspecified atom stereocenters. The minimum Gasteiger partial charge on any atom is -0.369 e. The topological polar surface area (TPSA) is 9.23 Å². The Kier molecular flexibility index (Phi) is 7.15. The molecule has 0 bridgehead atoms. The Morgan fingerprint density at radius 3 is 2.58 bits per heavy atom. The lowest BCUT2D eigenvalue weighted by Crippen LogP contribution is -2.03. The van der Waals surface area contributed by atoms with Crippen molar-refractivity contribution in [1.29, 1.82) is 0 Å². The van der Waals surface area contributed by atoms with Crippen LogP contribution in [0.3, 0.4) is 0 Å². The molecule has 1 heteroatoms. The van der Waals surface area contributed by atoms with E-state index in [9.17, 15) is 0 Å². The molecule has 0 N–H and O–H groups in total. The van der Waals surface area contributed by atoms with Gasteiger partial charge in [0.1, 0.15) is 0 Å². The van der Waals surface area contributed by atoms with Gasteiger partial charge >= 0.3 is 0 Å². The highest BCUT2D eigenvalue weighted by Gasteiger charge is 2.24. The van der Waals surface area contributed by atoms with Crippen molar-refractivity contribution in [2.45, 2.75) is 72.3 Å². The van der Waals surface area contributed by atoms with Gasteiger partial charge < -0.3 is 4.74 Å². The second-order valence-electron chi connectivity index (χ2n) is 5.46. The fraction of sp³-hybridized carbons (Fsp3) is 0.667. The summed E-state index contributed by atoms with van der Waals surface area (Å²) in [6.45, 7) is 13.9. The van der Waals surface area contributed by atoms with Gasteiger partial charge in [0.2, 0.25) is 0 Å². The maximum Gasteiger partial charge on any atom is 0.0768 e. The van der Waals surface area contributed by atoms with E-state index in [1.807, 2.05) is 0 Å². The zero-order valence-corrected chi connectivity index (χ0v) is 13.2. The predicted molar refractivity (Wildman–Crippen MR) is 84.4 cm³/mol. The van der Waals surface area contributed by atoms with Crippen LogP contribution in [0, 0.1) is 0 Å². The Hall–Kier alpha value is -0.820. The highest BCUT2D eigenvalue weighted by atomic mass is 16.5. The van der Waals surface area contributed by atoms with E-state index >= 15 is 0 Å². The van der Waals surface area contributed by atoms with Crippen LogP contribution in [0.15, 0.2) is 34.9 Å². The van der Waals surface area contributed by atoms with Crippen molar-refractivity contribution < 1.29 is 4.74 Å². The maximum absolute atomic E-state index is 5.83. The van der Waals surface area contributed by atoms with Crippen molar-refractivity contribution in [3.8, 4) is 0 Å². The van der Waals surface area contributed by atoms with Crippen LogP contribution in [0.5, 0.6) is 0 Å². The van der Waals surface area contributed by atoms with Gasteiger partial charge in [-0.3, -0.25) is 0 Å². The van der Waals surface area contributed by atoms with Crippen molar-refractivity contribution in [2.24, 2.45) is 0 Å². The van der Waals surface area contributed by atoms with Crippen molar-refractivity contribution in [3.05, 3.63) is 34.9 Å². The summed E-state index contributed by atoms with van der Waals surface area (Å²) in [7, 11) is 0. The standard InChI is InChI=1S/C18H30O/c1-6-9-11-16(8-3)14(4)18-13-19-15(5)17(18)12-10-7-2/h8,15H,4,6-7,9-13H2,1-3,5H3/b16-8+/t15-/m1/s1. The van der Waals surface area contributed by atoms with E-state index in [0.29, 0.717) is 0 Å². The van der Waals surface area contributed by atoms with E-state index in [1.165, 1.54) is 48.0 Å². The fourth-order valence-corrected chi connectivity index (χ4v) is 2.68. The summed E-state index contributed by atoms with van der Waals surface area (Å²) < 4.78 is 5.83. The third kappa shape index (κ3) is 4.35. The van der Waals surface area contributed by atoms with Gasteiger partial charge in [-0.15, -0.1) is 0 Å². The van der Waals surface area contributed by atoms with Gasteiger partial charge in [-0.2, -0.15) is 0 Å². The van der Waals surface area contributed by atoms with E-state index in [-0.39, 0.29) is 6.10 Å². The molecular formula is C18H30O. The second kappa shape index (κ2) is 8.37. The van der Waals surface area contributed by atoms with Crippen LogP contribution >= 0.6 is 0 Å². The minimum absolute atomic E-state index is 0.280. The molecule has 1 rings (SSSR count). The predicted octanol–water partition coefficient (Wildman–Crippen LogP) is 5.58. The molecule has 0 aromatic carbocycles. The van der Waals surface area contributed by atoms with Gasteiger partial charge in [0.05, 0.1) is 12.7 Å². The third-order valence-corrected chi connectivity index (χ3v) is 4.06. The Balaban J connectivity index is 2.84. The molecule has 0 amide bonds. The Labute approximate surface area is 119 Å². The summed E-state index contributed by atoms with van der Waals surface area (Å²) in [5.74, 6) is 0. The van der Waals surface area contributed by atoms with Crippen molar-refractivity contribution in [2.75, 3.05) is 6.61 Å². The number of rotatable bonds is 8. The van der Waals surface area contributed by atoms with Gasteiger partial charge in [-0.05, 0) is 61.8 Å². The summed E-state index contributed by atoms with van der Waals surface area (Å²) in [6.07, 6.45) is 9.78. The summed E-state index contributed by atoms with van der Waals surface area (Å²) in [6, 6.07) is 0. The average Bonchev–Trinajstić information content (AvgIpc) is 2.78. The molecule has 0 aromatic rings. The molecule has 1 aliphatic heterocycles. The van der Waals surface area contributed by atoms with Crippen LogP contribution in [0.2, 0.25) is 0 Å². The van der Waals surface area contributed by atoms with Crippen LogP contribution in [0.4, 0.5) is 0 Å². The van der Waals surface area contributed by atoms with E-state index in [4.69, 9.17) is 4.74 Å². The first-order valence-electron chi connectivity index (χ1n) is 7.83. The SMILES string of the molecule is C=C(C1=C(CCCC)[C@@H](C)OC1)/C(=C/C)CCCC. The van der Waals surface area contributed by atoms with Crippen molar-refractivity contribution in [3.63, 3.8) is 0 Å². The van der Waals surface area contributed by atoms with E-state index in [0.717, 1.165) is 19.4 Å². The summed E-state index contributed by atoms with van der Waals surface area (Å²) in [5.41, 5.74) is 5.50. The molecule has 1 heterocycles. The zero-order valence-electron chi connectivity index (χ0n) is 13.2. The van der Waals surface area contributed by atoms with Gasteiger partial charge in [0.25, 0.3) is 0 Å². The van der Waals surface area contributed by atoms with Crippen LogP contribution in [-0.4, -0.2) is 12.7 Å². The lowest BCUT2D eigenvalue weighted by molar-refractivity contribution is 0.132. The quantitative estimate of drug-likeness (QED) is 0.518. The van der Waals surface area contributed by atoms with Crippen molar-refractivity contribution >= 4 is 0 Å². The van der Waals surface area contributed by atoms with Gasteiger partial charge in [0.15, 0.2) is 0 Å². The second-order valence-corrected chi connectivity index (χ2v) is 5.46. The zero-order chi connectivity index (χ0) is 14.3. The third-order valence-electron chi connectivity index (χ3n) is 4.06. The maximum atomic E-state index is 5.83. The van der Waals surface area contributed by atoms with Crippen LogP contribution in [0.25, 0.3) is 0 Å². The van der Waals surface area contributed by atoms with Crippen LogP contribution in [-0.2, 0) is 4.74 Å². The molecule has 0 saturated heterocycles. The molecule has 0 aromatic heterocycles. The largest absolute Gasteiger partial charge is 0.369 e. The number of hydrogen-bond acceptors (Lipinski definition) is 1. The lowest BCUT2D eigenvalue weighted by Gasteiger charge is -2.14. The van der Waals surface area contributed by atoms with Crippen molar-refractivity contribution in [1.82, 2.24) is 0 Å². The highest BCUT2D eigenvalue weighted by Crippen LogP contribution is 2.33. The van der Waals surface area contributed by atoms with Crippen LogP contribution < -0.4 is 0 Å². The first kappa shape index (κ1) is 16.2. The molecule has 0 spiro atoms. The Morgan fingerprint density at radius 2 is 2.00 bits per heavy atom. The Morgan fingerprint density at radius 1 is 1.32 bits per heavy atom.